The summed E-state index contributed by atoms with van der Waals surface area (Å²) >= 11 is 0. The standard InChI is InChI=1S/C11H20N4O2.ClH/c1-8(9(16)14-10(12)17)15-5-3-11(7-15)2-4-13-6-11;/h8,13H,2-7H2,1H3,(H3,12,14,16,17);1H. The van der Waals surface area contributed by atoms with E-state index in [1.165, 1.54) is 6.42 Å². The van der Waals surface area contributed by atoms with E-state index in [0.29, 0.717) is 5.41 Å². The number of nitrogens with one attached hydrogen (secondary N) is 2. The number of hydrogen-bond acceptors (Lipinski definition) is 4. The molecule has 18 heavy (non-hydrogen) atoms. The number of rotatable bonds is 2. The summed E-state index contributed by atoms with van der Waals surface area (Å²) in [6.45, 7) is 5.76. The van der Waals surface area contributed by atoms with Crippen LogP contribution in [0.15, 0.2) is 0 Å². The normalized spacial score (nSPS) is 28.9. The van der Waals surface area contributed by atoms with E-state index < -0.39 is 6.03 Å². The second-order valence-electron chi connectivity index (χ2n) is 5.18. The molecule has 2 unspecified atom stereocenters. The Hall–Kier alpha value is -0.850. The molecule has 1 spiro atoms. The van der Waals surface area contributed by atoms with E-state index in [1.807, 2.05) is 6.92 Å². The summed E-state index contributed by atoms with van der Waals surface area (Å²) in [7, 11) is 0. The number of hydrogen-bond donors (Lipinski definition) is 3. The van der Waals surface area contributed by atoms with E-state index in [-0.39, 0.29) is 24.4 Å². The number of amides is 3. The van der Waals surface area contributed by atoms with Crippen molar-refractivity contribution in [1.82, 2.24) is 15.5 Å². The van der Waals surface area contributed by atoms with E-state index >= 15 is 0 Å². The molecule has 0 saturated carbocycles. The van der Waals surface area contributed by atoms with Gasteiger partial charge in [-0.2, -0.15) is 0 Å². The van der Waals surface area contributed by atoms with Crippen molar-refractivity contribution in [3.05, 3.63) is 0 Å². The molecule has 6 nitrogen and oxygen atoms in total. The molecule has 2 aliphatic heterocycles. The number of nitrogens with zero attached hydrogens (tertiary/aromatic N) is 1. The van der Waals surface area contributed by atoms with Crippen molar-refractivity contribution in [2.24, 2.45) is 11.1 Å². The molecule has 4 N–H and O–H groups in total. The van der Waals surface area contributed by atoms with Crippen LogP contribution >= 0.6 is 12.4 Å². The van der Waals surface area contributed by atoms with Crippen molar-refractivity contribution in [3.63, 3.8) is 0 Å². The SMILES string of the molecule is CC(C(=O)NC(N)=O)N1CCC2(CCNC2)C1.Cl. The predicted octanol–water partition coefficient (Wildman–Crippen LogP) is -0.323. The molecule has 0 aromatic rings. The van der Waals surface area contributed by atoms with Gasteiger partial charge in [-0.15, -0.1) is 12.4 Å². The van der Waals surface area contributed by atoms with Gasteiger partial charge in [-0.05, 0) is 38.3 Å². The Balaban J connectivity index is 0.00000162. The summed E-state index contributed by atoms with van der Waals surface area (Å²) in [5.41, 5.74) is 5.28. The van der Waals surface area contributed by atoms with Crippen molar-refractivity contribution in [3.8, 4) is 0 Å². The van der Waals surface area contributed by atoms with Gasteiger partial charge in [0.15, 0.2) is 0 Å². The topological polar surface area (TPSA) is 87.5 Å². The van der Waals surface area contributed by atoms with Gasteiger partial charge in [0.2, 0.25) is 5.91 Å². The van der Waals surface area contributed by atoms with Gasteiger partial charge in [0.05, 0.1) is 6.04 Å². The molecule has 104 valence electrons. The highest BCUT2D eigenvalue weighted by molar-refractivity contribution is 5.96. The first-order valence-electron chi connectivity index (χ1n) is 6.07. The summed E-state index contributed by atoms with van der Waals surface area (Å²) in [4.78, 5) is 24.4. The lowest BCUT2D eigenvalue weighted by atomic mass is 9.86. The van der Waals surface area contributed by atoms with Crippen LogP contribution in [0.1, 0.15) is 19.8 Å². The zero-order valence-electron chi connectivity index (χ0n) is 10.6. The molecule has 0 aliphatic carbocycles. The first-order valence-corrected chi connectivity index (χ1v) is 6.07. The van der Waals surface area contributed by atoms with Crippen LogP contribution in [-0.2, 0) is 4.79 Å². The van der Waals surface area contributed by atoms with Gasteiger partial charge in [-0.25, -0.2) is 4.79 Å². The Morgan fingerprint density at radius 3 is 2.72 bits per heavy atom. The quantitative estimate of drug-likeness (QED) is 0.645. The van der Waals surface area contributed by atoms with Crippen molar-refractivity contribution in [2.75, 3.05) is 26.2 Å². The zero-order valence-corrected chi connectivity index (χ0v) is 11.4. The Kier molecular flexibility index (Phi) is 4.95. The van der Waals surface area contributed by atoms with Crippen LogP contribution < -0.4 is 16.4 Å². The number of carbonyl (C=O) groups excluding carboxylic acids is 2. The van der Waals surface area contributed by atoms with Crippen LogP contribution in [0.25, 0.3) is 0 Å². The molecular formula is C11H21ClN4O2. The Morgan fingerprint density at radius 1 is 1.44 bits per heavy atom. The van der Waals surface area contributed by atoms with Crippen molar-refractivity contribution >= 4 is 24.3 Å². The minimum Gasteiger partial charge on any atom is -0.351 e. The summed E-state index contributed by atoms with van der Waals surface area (Å²) in [5, 5.41) is 5.52. The summed E-state index contributed by atoms with van der Waals surface area (Å²) in [6.07, 6.45) is 2.29. The monoisotopic (exact) mass is 276 g/mol. The first kappa shape index (κ1) is 15.2. The highest BCUT2D eigenvalue weighted by Crippen LogP contribution is 2.36. The Morgan fingerprint density at radius 2 is 2.17 bits per heavy atom. The number of imide groups is 1. The van der Waals surface area contributed by atoms with Crippen LogP contribution in [0, 0.1) is 5.41 Å². The van der Waals surface area contributed by atoms with Gasteiger partial charge in [0, 0.05) is 13.1 Å². The van der Waals surface area contributed by atoms with E-state index in [0.717, 1.165) is 32.6 Å². The molecule has 2 atom stereocenters. The van der Waals surface area contributed by atoms with Gasteiger partial charge in [-0.3, -0.25) is 15.0 Å². The minimum absolute atomic E-state index is 0. The van der Waals surface area contributed by atoms with Gasteiger partial charge >= 0.3 is 6.03 Å². The number of likely N-dealkylation sites (tertiary alicyclic amines) is 1. The highest BCUT2D eigenvalue weighted by atomic mass is 35.5. The maximum atomic E-state index is 11.7. The molecular weight excluding hydrogens is 256 g/mol. The van der Waals surface area contributed by atoms with Crippen LogP contribution in [-0.4, -0.2) is 49.1 Å². The zero-order chi connectivity index (χ0) is 12.5. The van der Waals surface area contributed by atoms with Gasteiger partial charge < -0.3 is 11.1 Å². The second kappa shape index (κ2) is 5.86. The van der Waals surface area contributed by atoms with Crippen LogP contribution in [0.2, 0.25) is 0 Å². The molecule has 2 heterocycles. The van der Waals surface area contributed by atoms with E-state index in [4.69, 9.17) is 5.73 Å². The average molecular weight is 277 g/mol. The Bertz CT molecular complexity index is 331. The summed E-state index contributed by atoms with van der Waals surface area (Å²) in [5.74, 6) is -0.305. The van der Waals surface area contributed by atoms with E-state index in [2.05, 4.69) is 15.5 Å². The molecule has 3 amide bonds. The smallest absolute Gasteiger partial charge is 0.318 e. The lowest BCUT2D eigenvalue weighted by molar-refractivity contribution is -0.124. The number of carbonyl (C=O) groups is 2. The van der Waals surface area contributed by atoms with Crippen molar-refractivity contribution < 1.29 is 9.59 Å². The van der Waals surface area contributed by atoms with Crippen LogP contribution in [0.5, 0.6) is 0 Å². The predicted molar refractivity (Wildman–Crippen MR) is 70.5 cm³/mol. The number of halogens is 1. The molecule has 2 aliphatic rings. The lowest BCUT2D eigenvalue weighted by Gasteiger charge is -2.26. The van der Waals surface area contributed by atoms with Crippen molar-refractivity contribution in [1.29, 1.82) is 0 Å². The Labute approximate surface area is 113 Å². The highest BCUT2D eigenvalue weighted by Gasteiger charge is 2.42. The minimum atomic E-state index is -0.779. The van der Waals surface area contributed by atoms with Crippen molar-refractivity contribution in [2.45, 2.75) is 25.8 Å². The molecule has 0 bridgehead atoms. The van der Waals surface area contributed by atoms with E-state index in [1.54, 1.807) is 0 Å². The third kappa shape index (κ3) is 3.13. The fourth-order valence-corrected chi connectivity index (χ4v) is 2.84. The maximum Gasteiger partial charge on any atom is 0.318 e. The van der Waals surface area contributed by atoms with Gasteiger partial charge in [0.1, 0.15) is 0 Å². The third-order valence-electron chi connectivity index (χ3n) is 3.97. The van der Waals surface area contributed by atoms with Crippen LogP contribution in [0.3, 0.4) is 0 Å². The molecule has 2 saturated heterocycles. The van der Waals surface area contributed by atoms with Gasteiger partial charge in [-0.1, -0.05) is 0 Å². The molecule has 2 fully saturated rings. The first-order chi connectivity index (χ1) is 8.02. The number of primary amides is 1. The molecule has 0 aromatic heterocycles. The van der Waals surface area contributed by atoms with Crippen LogP contribution in [0.4, 0.5) is 4.79 Å². The number of nitrogens with two attached hydrogens (primary N) is 1. The third-order valence-corrected chi connectivity index (χ3v) is 3.97. The van der Waals surface area contributed by atoms with E-state index in [9.17, 15) is 9.59 Å². The number of urea groups is 1. The maximum absolute atomic E-state index is 11.7. The molecule has 0 radical (unpaired) electrons. The molecule has 0 aromatic carbocycles. The largest absolute Gasteiger partial charge is 0.351 e. The fourth-order valence-electron chi connectivity index (χ4n) is 2.84. The molecule has 2 rings (SSSR count). The summed E-state index contributed by atoms with van der Waals surface area (Å²) in [6, 6.07) is -1.07. The lowest BCUT2D eigenvalue weighted by Crippen LogP contribution is -2.48. The fraction of sp³-hybridized carbons (Fsp3) is 0.818. The van der Waals surface area contributed by atoms with Gasteiger partial charge in [0.25, 0.3) is 0 Å². The second-order valence-corrected chi connectivity index (χ2v) is 5.18. The molecule has 7 heteroatoms. The average Bonchev–Trinajstić information content (AvgIpc) is 2.88. The summed E-state index contributed by atoms with van der Waals surface area (Å²) < 4.78 is 0.